The largest absolute Gasteiger partial charge is 0.392 e. The van der Waals surface area contributed by atoms with Crippen molar-refractivity contribution in [2.24, 2.45) is 0 Å². The average Bonchev–Trinajstić information content (AvgIpc) is 2.90. The van der Waals surface area contributed by atoms with E-state index >= 15 is 0 Å². The molecule has 0 spiro atoms. The van der Waals surface area contributed by atoms with E-state index < -0.39 is 0 Å². The number of pyridine rings is 1. The molecule has 104 valence electrons. The number of benzene rings is 1. The molecule has 0 aliphatic heterocycles. The van der Waals surface area contributed by atoms with Gasteiger partial charge in [-0.25, -0.2) is 0 Å². The summed E-state index contributed by atoms with van der Waals surface area (Å²) in [7, 11) is 0. The Kier molecular flexibility index (Phi) is 4.44. The number of fused-ring (bicyclic) bond motifs is 1. The summed E-state index contributed by atoms with van der Waals surface area (Å²) in [6.07, 6.45) is 3.54. The Balaban J connectivity index is 1.63. The van der Waals surface area contributed by atoms with Gasteiger partial charge in [-0.1, -0.05) is 22.0 Å². The standard InChI is InChI=1S/C16H16BrNOS/c17-12-4-6-13(7-5-12)20-10-15(19)14-8-3-11-2-1-9-18-16(11)14/h1-2,4-7,9,14-15,19H,3,8,10H2. The van der Waals surface area contributed by atoms with Crippen molar-refractivity contribution in [2.75, 3.05) is 5.75 Å². The zero-order valence-corrected chi connectivity index (χ0v) is 13.4. The van der Waals surface area contributed by atoms with Crippen LogP contribution in [0, 0.1) is 0 Å². The maximum atomic E-state index is 10.4. The van der Waals surface area contributed by atoms with E-state index in [0.29, 0.717) is 5.75 Å². The molecular formula is C16H16BrNOS. The Bertz CT molecular complexity index is 587. The van der Waals surface area contributed by atoms with Crippen molar-refractivity contribution < 1.29 is 5.11 Å². The van der Waals surface area contributed by atoms with Gasteiger partial charge in [-0.3, -0.25) is 4.98 Å². The highest BCUT2D eigenvalue weighted by Gasteiger charge is 2.29. The lowest BCUT2D eigenvalue weighted by atomic mass is 10.0. The SMILES string of the molecule is OC(CSc1ccc(Br)cc1)C1CCc2cccnc21. The summed E-state index contributed by atoms with van der Waals surface area (Å²) in [4.78, 5) is 5.64. The van der Waals surface area contributed by atoms with Crippen LogP contribution < -0.4 is 0 Å². The van der Waals surface area contributed by atoms with Gasteiger partial charge >= 0.3 is 0 Å². The molecule has 0 saturated carbocycles. The molecule has 1 aliphatic carbocycles. The molecule has 1 aromatic heterocycles. The fourth-order valence-corrected chi connectivity index (χ4v) is 3.84. The topological polar surface area (TPSA) is 33.1 Å². The Hall–Kier alpha value is -0.840. The second kappa shape index (κ2) is 6.29. The normalized spacial score (nSPS) is 18.8. The van der Waals surface area contributed by atoms with Crippen molar-refractivity contribution >= 4 is 27.7 Å². The molecule has 1 aliphatic rings. The third-order valence-corrected chi connectivity index (χ3v) is 5.34. The van der Waals surface area contributed by atoms with Gasteiger partial charge in [0.05, 0.1) is 6.10 Å². The summed E-state index contributed by atoms with van der Waals surface area (Å²) in [6.45, 7) is 0. The molecule has 1 heterocycles. The van der Waals surface area contributed by atoms with Gasteiger partial charge in [-0.15, -0.1) is 11.8 Å². The van der Waals surface area contributed by atoms with Crippen LogP contribution in [0.3, 0.4) is 0 Å². The number of aryl methyl sites for hydroxylation is 1. The quantitative estimate of drug-likeness (QED) is 0.846. The minimum Gasteiger partial charge on any atom is -0.392 e. The molecule has 2 aromatic rings. The van der Waals surface area contributed by atoms with Crippen LogP contribution in [-0.4, -0.2) is 21.9 Å². The van der Waals surface area contributed by atoms with Crippen molar-refractivity contribution in [1.82, 2.24) is 4.98 Å². The van der Waals surface area contributed by atoms with Crippen LogP contribution in [0.2, 0.25) is 0 Å². The number of hydrogen-bond acceptors (Lipinski definition) is 3. The monoisotopic (exact) mass is 349 g/mol. The summed E-state index contributed by atoms with van der Waals surface area (Å²) in [5.74, 6) is 0.900. The van der Waals surface area contributed by atoms with Gasteiger partial charge in [0.25, 0.3) is 0 Å². The summed E-state index contributed by atoms with van der Waals surface area (Å²) < 4.78 is 1.08. The highest BCUT2D eigenvalue weighted by atomic mass is 79.9. The Morgan fingerprint density at radius 3 is 2.90 bits per heavy atom. The third kappa shape index (κ3) is 3.08. The molecule has 1 aromatic carbocycles. The van der Waals surface area contributed by atoms with Gasteiger partial charge in [0.2, 0.25) is 0 Å². The predicted octanol–water partition coefficient (Wildman–Crippen LogP) is 4.03. The Morgan fingerprint density at radius 2 is 2.10 bits per heavy atom. The number of aromatic nitrogens is 1. The molecule has 0 radical (unpaired) electrons. The van der Waals surface area contributed by atoms with Crippen LogP contribution in [0.4, 0.5) is 0 Å². The van der Waals surface area contributed by atoms with E-state index in [1.54, 1.807) is 11.8 Å². The van der Waals surface area contributed by atoms with Gasteiger partial charge in [-0.2, -0.15) is 0 Å². The number of halogens is 1. The van der Waals surface area contributed by atoms with E-state index in [-0.39, 0.29) is 12.0 Å². The average molecular weight is 350 g/mol. The zero-order chi connectivity index (χ0) is 13.9. The first-order chi connectivity index (χ1) is 9.74. The van der Waals surface area contributed by atoms with Gasteiger partial charge in [0, 0.05) is 32.9 Å². The minimum absolute atomic E-state index is 0.189. The maximum absolute atomic E-state index is 10.4. The van der Waals surface area contributed by atoms with Crippen LogP contribution >= 0.6 is 27.7 Å². The highest BCUT2D eigenvalue weighted by molar-refractivity contribution is 9.10. The fraction of sp³-hybridized carbons (Fsp3) is 0.312. The summed E-state index contributed by atoms with van der Waals surface area (Å²) >= 11 is 5.13. The van der Waals surface area contributed by atoms with Gasteiger partial charge in [-0.05, 0) is 48.7 Å². The number of thioether (sulfide) groups is 1. The van der Waals surface area contributed by atoms with Gasteiger partial charge in [0.15, 0.2) is 0 Å². The van der Waals surface area contributed by atoms with E-state index in [2.05, 4.69) is 39.1 Å². The molecule has 3 rings (SSSR count). The smallest absolute Gasteiger partial charge is 0.0717 e. The lowest BCUT2D eigenvalue weighted by Crippen LogP contribution is -2.19. The molecule has 2 atom stereocenters. The van der Waals surface area contributed by atoms with Crippen molar-refractivity contribution in [1.29, 1.82) is 0 Å². The first-order valence-electron chi connectivity index (χ1n) is 6.74. The second-order valence-electron chi connectivity index (χ2n) is 5.03. The van der Waals surface area contributed by atoms with Crippen LogP contribution in [0.15, 0.2) is 52.0 Å². The fourth-order valence-electron chi connectivity index (χ4n) is 2.65. The van der Waals surface area contributed by atoms with Crippen molar-refractivity contribution in [3.05, 3.63) is 58.3 Å². The number of hydrogen-bond donors (Lipinski definition) is 1. The Labute approximate surface area is 131 Å². The lowest BCUT2D eigenvalue weighted by Gasteiger charge is -2.18. The summed E-state index contributed by atoms with van der Waals surface area (Å²) in [5.41, 5.74) is 2.39. The highest BCUT2D eigenvalue weighted by Crippen LogP contribution is 2.35. The maximum Gasteiger partial charge on any atom is 0.0717 e. The molecule has 4 heteroatoms. The molecule has 0 fully saturated rings. The van der Waals surface area contributed by atoms with E-state index in [0.717, 1.165) is 23.0 Å². The van der Waals surface area contributed by atoms with Crippen LogP contribution in [0.5, 0.6) is 0 Å². The van der Waals surface area contributed by atoms with Crippen LogP contribution in [0.1, 0.15) is 23.6 Å². The summed E-state index contributed by atoms with van der Waals surface area (Å²) in [6, 6.07) is 12.3. The first kappa shape index (κ1) is 14.1. The number of rotatable bonds is 4. The van der Waals surface area contributed by atoms with Gasteiger partial charge in [0.1, 0.15) is 0 Å². The van der Waals surface area contributed by atoms with E-state index in [9.17, 15) is 5.11 Å². The predicted molar refractivity (Wildman–Crippen MR) is 86.2 cm³/mol. The third-order valence-electron chi connectivity index (χ3n) is 3.70. The van der Waals surface area contributed by atoms with Crippen LogP contribution in [0.25, 0.3) is 0 Å². The summed E-state index contributed by atoms with van der Waals surface area (Å²) in [5, 5.41) is 10.4. The van der Waals surface area contributed by atoms with E-state index in [1.807, 2.05) is 24.4 Å². The lowest BCUT2D eigenvalue weighted by molar-refractivity contribution is 0.165. The van der Waals surface area contributed by atoms with Crippen molar-refractivity contribution in [2.45, 2.75) is 29.8 Å². The molecule has 1 N–H and O–H groups in total. The van der Waals surface area contributed by atoms with Crippen molar-refractivity contribution in [3.63, 3.8) is 0 Å². The zero-order valence-electron chi connectivity index (χ0n) is 11.0. The molecule has 0 amide bonds. The molecular weight excluding hydrogens is 334 g/mol. The second-order valence-corrected chi connectivity index (χ2v) is 7.03. The minimum atomic E-state index is -0.334. The molecule has 2 nitrogen and oxygen atoms in total. The van der Waals surface area contributed by atoms with Crippen molar-refractivity contribution in [3.8, 4) is 0 Å². The van der Waals surface area contributed by atoms with E-state index in [1.165, 1.54) is 10.5 Å². The Morgan fingerprint density at radius 1 is 1.30 bits per heavy atom. The molecule has 0 bridgehead atoms. The first-order valence-corrected chi connectivity index (χ1v) is 8.52. The number of aliphatic hydroxyl groups is 1. The van der Waals surface area contributed by atoms with E-state index in [4.69, 9.17) is 0 Å². The number of nitrogens with zero attached hydrogens (tertiary/aromatic N) is 1. The molecule has 2 unspecified atom stereocenters. The van der Waals surface area contributed by atoms with Crippen LogP contribution in [-0.2, 0) is 6.42 Å². The van der Waals surface area contributed by atoms with Gasteiger partial charge < -0.3 is 5.11 Å². The number of aliphatic hydroxyl groups excluding tert-OH is 1. The molecule has 0 saturated heterocycles. The molecule has 20 heavy (non-hydrogen) atoms.